The van der Waals surface area contributed by atoms with E-state index in [9.17, 15) is 4.79 Å². The zero-order valence-corrected chi connectivity index (χ0v) is 10.4. The number of aromatic nitrogens is 1. The van der Waals surface area contributed by atoms with Crippen LogP contribution in [0.4, 0.5) is 0 Å². The topological polar surface area (TPSA) is 62.2 Å². The number of hydrogen-bond acceptors (Lipinski definition) is 4. The summed E-state index contributed by atoms with van der Waals surface area (Å²) in [6.07, 6.45) is 1.77. The quantitative estimate of drug-likeness (QED) is 0.865. The maximum absolute atomic E-state index is 11.0. The van der Waals surface area contributed by atoms with Crippen molar-refractivity contribution in [1.29, 1.82) is 0 Å². The van der Waals surface area contributed by atoms with Gasteiger partial charge in [0, 0.05) is 17.3 Å². The third-order valence-corrected chi connectivity index (χ3v) is 4.29. The lowest BCUT2D eigenvalue weighted by Gasteiger charge is -2.13. The van der Waals surface area contributed by atoms with E-state index in [-0.39, 0.29) is 5.37 Å². The second-order valence-electron chi connectivity index (χ2n) is 4.19. The number of rotatable bonds is 2. The average Bonchev–Trinajstić information content (AvgIpc) is 2.87. The molecule has 0 saturated carbocycles. The van der Waals surface area contributed by atoms with Crippen LogP contribution in [0.5, 0.6) is 0 Å². The largest absolute Gasteiger partial charge is 0.480 e. The third-order valence-electron chi connectivity index (χ3n) is 3.05. The highest BCUT2D eigenvalue weighted by Gasteiger charge is 2.30. The van der Waals surface area contributed by atoms with Gasteiger partial charge in [0.1, 0.15) is 6.04 Å². The van der Waals surface area contributed by atoms with E-state index < -0.39 is 12.0 Å². The summed E-state index contributed by atoms with van der Waals surface area (Å²) < 4.78 is 0. The minimum atomic E-state index is -0.789. The van der Waals surface area contributed by atoms with Gasteiger partial charge in [-0.05, 0) is 17.7 Å². The Morgan fingerprint density at radius 1 is 1.39 bits per heavy atom. The molecule has 1 aliphatic heterocycles. The molecular formula is C13H12N2O2S. The molecule has 1 aliphatic rings. The number of aliphatic carboxylic acids is 1. The molecule has 0 aliphatic carbocycles. The van der Waals surface area contributed by atoms with Crippen molar-refractivity contribution < 1.29 is 9.90 Å². The van der Waals surface area contributed by atoms with Gasteiger partial charge in [-0.15, -0.1) is 11.8 Å². The fourth-order valence-electron chi connectivity index (χ4n) is 2.14. The number of fused-ring (bicyclic) bond motifs is 1. The van der Waals surface area contributed by atoms with Crippen LogP contribution >= 0.6 is 11.8 Å². The number of carboxylic acid groups (broad SMARTS) is 1. The Balaban J connectivity index is 1.98. The molecule has 18 heavy (non-hydrogen) atoms. The van der Waals surface area contributed by atoms with Crippen LogP contribution in [0.15, 0.2) is 36.5 Å². The number of pyridine rings is 1. The molecule has 2 unspecified atom stereocenters. The molecule has 4 nitrogen and oxygen atoms in total. The highest BCUT2D eigenvalue weighted by molar-refractivity contribution is 7.99. The lowest BCUT2D eigenvalue weighted by Crippen LogP contribution is -2.33. The van der Waals surface area contributed by atoms with Gasteiger partial charge in [-0.25, -0.2) is 0 Å². The minimum absolute atomic E-state index is 0.0269. The van der Waals surface area contributed by atoms with Gasteiger partial charge >= 0.3 is 5.97 Å². The van der Waals surface area contributed by atoms with Crippen molar-refractivity contribution in [3.05, 3.63) is 42.1 Å². The van der Waals surface area contributed by atoms with E-state index in [1.54, 1.807) is 18.0 Å². The molecule has 2 N–H and O–H groups in total. The first-order chi connectivity index (χ1) is 8.75. The van der Waals surface area contributed by atoms with Crippen molar-refractivity contribution in [2.75, 3.05) is 5.75 Å². The standard InChI is InChI=1S/C13H12N2O2S/c16-13(17)11-7-18-12(15-11)9-5-6-14-10-4-2-1-3-8(9)10/h1-6,11-12,15H,7H2,(H,16,17). The molecule has 5 heteroatoms. The summed E-state index contributed by atoms with van der Waals surface area (Å²) in [7, 11) is 0. The first kappa shape index (κ1) is 11.5. The predicted molar refractivity (Wildman–Crippen MR) is 71.5 cm³/mol. The number of nitrogens with zero attached hydrogens (tertiary/aromatic N) is 1. The summed E-state index contributed by atoms with van der Waals surface area (Å²) >= 11 is 1.63. The Bertz CT molecular complexity index is 597. The highest BCUT2D eigenvalue weighted by Crippen LogP contribution is 2.35. The van der Waals surface area contributed by atoms with Crippen LogP contribution in [0.2, 0.25) is 0 Å². The summed E-state index contributed by atoms with van der Waals surface area (Å²) in [5.41, 5.74) is 2.05. The summed E-state index contributed by atoms with van der Waals surface area (Å²) in [6.45, 7) is 0. The van der Waals surface area contributed by atoms with E-state index in [0.717, 1.165) is 16.5 Å². The van der Waals surface area contributed by atoms with Crippen molar-refractivity contribution in [1.82, 2.24) is 10.3 Å². The van der Waals surface area contributed by atoms with Gasteiger partial charge in [0.2, 0.25) is 0 Å². The Kier molecular flexibility index (Phi) is 2.93. The average molecular weight is 260 g/mol. The maximum atomic E-state index is 11.0. The molecule has 1 aromatic heterocycles. The SMILES string of the molecule is O=C(O)C1CSC(c2ccnc3ccccc23)N1. The molecule has 3 rings (SSSR count). The van der Waals surface area contributed by atoms with Gasteiger partial charge in [-0.1, -0.05) is 18.2 Å². The molecule has 2 aromatic rings. The van der Waals surface area contributed by atoms with Crippen LogP contribution in [0.1, 0.15) is 10.9 Å². The van der Waals surface area contributed by atoms with Crippen LogP contribution in [-0.2, 0) is 4.79 Å². The summed E-state index contributed by atoms with van der Waals surface area (Å²) in [5, 5.41) is 13.2. The summed E-state index contributed by atoms with van der Waals surface area (Å²) in [6, 6.07) is 9.40. The number of carbonyl (C=O) groups is 1. The van der Waals surface area contributed by atoms with Gasteiger partial charge in [-0.2, -0.15) is 0 Å². The molecule has 0 radical (unpaired) electrons. The first-order valence-corrected chi connectivity index (χ1v) is 6.74. The van der Waals surface area contributed by atoms with Gasteiger partial charge in [0.05, 0.1) is 10.9 Å². The smallest absolute Gasteiger partial charge is 0.321 e. The molecule has 2 atom stereocenters. The molecule has 2 heterocycles. The van der Waals surface area contributed by atoms with E-state index in [1.165, 1.54) is 0 Å². The second-order valence-corrected chi connectivity index (χ2v) is 5.33. The van der Waals surface area contributed by atoms with Gasteiger partial charge in [0.15, 0.2) is 0 Å². The monoisotopic (exact) mass is 260 g/mol. The third kappa shape index (κ3) is 1.95. The van der Waals surface area contributed by atoms with Crippen LogP contribution in [-0.4, -0.2) is 27.9 Å². The Hall–Kier alpha value is -1.59. The number of thioether (sulfide) groups is 1. The molecule has 1 aromatic carbocycles. The van der Waals surface area contributed by atoms with Gasteiger partial charge < -0.3 is 5.11 Å². The highest BCUT2D eigenvalue weighted by atomic mass is 32.2. The Labute approximate surface area is 108 Å². The molecule has 0 amide bonds. The second kappa shape index (κ2) is 4.59. The molecule has 1 fully saturated rings. The van der Waals surface area contributed by atoms with E-state index in [4.69, 9.17) is 5.11 Å². The number of para-hydroxylation sites is 1. The minimum Gasteiger partial charge on any atom is -0.480 e. The number of benzene rings is 1. The van der Waals surface area contributed by atoms with Crippen molar-refractivity contribution in [2.45, 2.75) is 11.4 Å². The van der Waals surface area contributed by atoms with E-state index in [0.29, 0.717) is 5.75 Å². The van der Waals surface area contributed by atoms with Gasteiger partial charge in [-0.3, -0.25) is 15.1 Å². The first-order valence-electron chi connectivity index (χ1n) is 5.70. The van der Waals surface area contributed by atoms with Gasteiger partial charge in [0.25, 0.3) is 0 Å². The normalized spacial score (nSPS) is 23.3. The Morgan fingerprint density at radius 2 is 2.22 bits per heavy atom. The molecule has 0 spiro atoms. The van der Waals surface area contributed by atoms with Crippen molar-refractivity contribution >= 4 is 28.6 Å². The van der Waals surface area contributed by atoms with E-state index >= 15 is 0 Å². The molecule has 1 saturated heterocycles. The summed E-state index contributed by atoms with van der Waals surface area (Å²) in [4.78, 5) is 15.3. The predicted octanol–water partition coefficient (Wildman–Crippen LogP) is 2.02. The zero-order valence-electron chi connectivity index (χ0n) is 9.54. The fourth-order valence-corrected chi connectivity index (χ4v) is 3.41. The zero-order chi connectivity index (χ0) is 12.5. The van der Waals surface area contributed by atoms with Crippen LogP contribution in [0, 0.1) is 0 Å². The van der Waals surface area contributed by atoms with E-state index in [2.05, 4.69) is 10.3 Å². The van der Waals surface area contributed by atoms with Crippen LogP contribution in [0.3, 0.4) is 0 Å². The number of carboxylic acids is 1. The summed E-state index contributed by atoms with van der Waals surface area (Å²) in [5.74, 6) is -0.195. The number of hydrogen-bond donors (Lipinski definition) is 2. The molecular weight excluding hydrogens is 248 g/mol. The lowest BCUT2D eigenvalue weighted by atomic mass is 10.1. The maximum Gasteiger partial charge on any atom is 0.321 e. The molecule has 0 bridgehead atoms. The van der Waals surface area contributed by atoms with Crippen LogP contribution < -0.4 is 5.32 Å². The van der Waals surface area contributed by atoms with Crippen molar-refractivity contribution in [2.24, 2.45) is 0 Å². The van der Waals surface area contributed by atoms with Crippen molar-refractivity contribution in [3.63, 3.8) is 0 Å². The molecule has 92 valence electrons. The van der Waals surface area contributed by atoms with E-state index in [1.807, 2.05) is 30.3 Å². The fraction of sp³-hybridized carbons (Fsp3) is 0.231. The van der Waals surface area contributed by atoms with Crippen molar-refractivity contribution in [3.8, 4) is 0 Å². The lowest BCUT2D eigenvalue weighted by molar-refractivity contribution is -0.138. The van der Waals surface area contributed by atoms with Crippen LogP contribution in [0.25, 0.3) is 10.9 Å². The Morgan fingerprint density at radius 3 is 3.00 bits per heavy atom. The number of nitrogens with one attached hydrogen (secondary N) is 1.